The van der Waals surface area contributed by atoms with Gasteiger partial charge in [0.1, 0.15) is 0 Å². The molecule has 5 nitrogen and oxygen atoms in total. The Bertz CT molecular complexity index is 504. The van der Waals surface area contributed by atoms with Crippen molar-refractivity contribution in [2.24, 2.45) is 4.99 Å². The van der Waals surface area contributed by atoms with Crippen LogP contribution >= 0.6 is 11.8 Å². The van der Waals surface area contributed by atoms with Crippen LogP contribution in [0.3, 0.4) is 0 Å². The molecule has 0 atom stereocenters. The van der Waals surface area contributed by atoms with Gasteiger partial charge in [0.15, 0.2) is 17.5 Å². The number of nitrogens with zero attached hydrogens (tertiary/aromatic N) is 1. The Morgan fingerprint density at radius 2 is 2.05 bits per heavy atom. The van der Waals surface area contributed by atoms with E-state index >= 15 is 0 Å². The lowest BCUT2D eigenvalue weighted by Crippen LogP contribution is -2.39. The molecule has 0 bridgehead atoms. The molecule has 0 aliphatic heterocycles. The predicted molar refractivity (Wildman–Crippen MR) is 96.7 cm³/mol. The van der Waals surface area contributed by atoms with Crippen LogP contribution in [0.2, 0.25) is 0 Å². The van der Waals surface area contributed by atoms with E-state index in [2.05, 4.69) is 35.7 Å². The molecule has 0 fully saturated rings. The number of guanidine groups is 1. The number of methoxy groups -OCH3 is 1. The van der Waals surface area contributed by atoms with Gasteiger partial charge in [-0.2, -0.15) is 11.8 Å². The fourth-order valence-electron chi connectivity index (χ4n) is 1.70. The number of anilines is 1. The summed E-state index contributed by atoms with van der Waals surface area (Å²) in [4.78, 5) is 4.25. The lowest BCUT2D eigenvalue weighted by molar-refractivity contribution is 0.311. The summed E-state index contributed by atoms with van der Waals surface area (Å²) in [6.07, 6.45) is 2.11. The average Bonchev–Trinajstić information content (AvgIpc) is 2.52. The van der Waals surface area contributed by atoms with Gasteiger partial charge in [-0.15, -0.1) is 0 Å². The van der Waals surface area contributed by atoms with Crippen LogP contribution in [0, 0.1) is 0 Å². The molecule has 1 aromatic carbocycles. The molecule has 0 radical (unpaired) electrons. The summed E-state index contributed by atoms with van der Waals surface area (Å²) in [5, 5.41) is 6.60. The van der Waals surface area contributed by atoms with Gasteiger partial charge in [-0.1, -0.05) is 0 Å². The molecule has 6 heteroatoms. The van der Waals surface area contributed by atoms with Crippen molar-refractivity contribution in [1.29, 1.82) is 0 Å². The molecule has 1 aromatic rings. The van der Waals surface area contributed by atoms with Crippen LogP contribution < -0.4 is 20.1 Å². The number of hydrogen-bond acceptors (Lipinski definition) is 4. The Labute approximate surface area is 137 Å². The van der Waals surface area contributed by atoms with Crippen molar-refractivity contribution < 1.29 is 9.47 Å². The first-order valence-corrected chi connectivity index (χ1v) is 8.52. The SMILES string of the molecule is CCOc1ccc(NC(=NC)NCC(C)(C)SC)cc1OC. The number of thioether (sulfide) groups is 1. The molecule has 0 heterocycles. The molecule has 0 amide bonds. The fraction of sp³-hybridized carbons (Fsp3) is 0.562. The molecular formula is C16H27N3O2S. The van der Waals surface area contributed by atoms with E-state index in [0.717, 1.165) is 23.9 Å². The van der Waals surface area contributed by atoms with Crippen LogP contribution in [0.4, 0.5) is 5.69 Å². The maximum absolute atomic E-state index is 5.52. The molecule has 22 heavy (non-hydrogen) atoms. The van der Waals surface area contributed by atoms with Crippen molar-refractivity contribution in [3.63, 3.8) is 0 Å². The monoisotopic (exact) mass is 325 g/mol. The zero-order valence-electron chi connectivity index (χ0n) is 14.3. The van der Waals surface area contributed by atoms with Crippen molar-refractivity contribution in [1.82, 2.24) is 5.32 Å². The highest BCUT2D eigenvalue weighted by Gasteiger charge is 2.16. The van der Waals surface area contributed by atoms with Crippen LogP contribution in [0.15, 0.2) is 23.2 Å². The minimum absolute atomic E-state index is 0.147. The second-order valence-electron chi connectivity index (χ2n) is 5.31. The quantitative estimate of drug-likeness (QED) is 0.595. The third kappa shape index (κ3) is 5.67. The van der Waals surface area contributed by atoms with Crippen molar-refractivity contribution >= 4 is 23.4 Å². The van der Waals surface area contributed by atoms with E-state index in [9.17, 15) is 0 Å². The van der Waals surface area contributed by atoms with Crippen LogP contribution in [-0.2, 0) is 0 Å². The summed E-state index contributed by atoms with van der Waals surface area (Å²) in [6, 6.07) is 5.74. The van der Waals surface area contributed by atoms with E-state index in [1.165, 1.54) is 0 Å². The van der Waals surface area contributed by atoms with E-state index in [-0.39, 0.29) is 4.75 Å². The van der Waals surface area contributed by atoms with E-state index in [0.29, 0.717) is 12.4 Å². The molecule has 0 unspecified atom stereocenters. The molecule has 0 aromatic heterocycles. The smallest absolute Gasteiger partial charge is 0.195 e. The summed E-state index contributed by atoms with van der Waals surface area (Å²) in [6.45, 7) is 7.76. The van der Waals surface area contributed by atoms with Gasteiger partial charge >= 0.3 is 0 Å². The van der Waals surface area contributed by atoms with Crippen LogP contribution in [0.5, 0.6) is 11.5 Å². The van der Waals surface area contributed by atoms with Gasteiger partial charge in [0.25, 0.3) is 0 Å². The predicted octanol–water partition coefficient (Wildman–Crippen LogP) is 3.22. The number of aliphatic imine (C=N–C) groups is 1. The second kappa shape index (κ2) is 8.78. The van der Waals surface area contributed by atoms with Gasteiger partial charge in [0.2, 0.25) is 0 Å². The third-order valence-electron chi connectivity index (χ3n) is 3.18. The Kier molecular flexibility index (Phi) is 7.38. The number of rotatable bonds is 7. The maximum Gasteiger partial charge on any atom is 0.195 e. The Hall–Kier alpha value is -1.56. The van der Waals surface area contributed by atoms with Crippen LogP contribution in [-0.4, -0.2) is 44.3 Å². The summed E-state index contributed by atoms with van der Waals surface area (Å²) in [5.74, 6) is 2.17. The van der Waals surface area contributed by atoms with Crippen molar-refractivity contribution in [3.8, 4) is 11.5 Å². The van der Waals surface area contributed by atoms with Crippen molar-refractivity contribution in [2.45, 2.75) is 25.5 Å². The second-order valence-corrected chi connectivity index (χ2v) is 6.83. The lowest BCUT2D eigenvalue weighted by Gasteiger charge is -2.24. The molecule has 0 aliphatic rings. The number of nitrogens with one attached hydrogen (secondary N) is 2. The topological polar surface area (TPSA) is 54.9 Å². The minimum Gasteiger partial charge on any atom is -0.493 e. The van der Waals surface area contributed by atoms with E-state index in [4.69, 9.17) is 9.47 Å². The summed E-state index contributed by atoms with van der Waals surface area (Å²) in [7, 11) is 3.39. The van der Waals surface area contributed by atoms with E-state index in [1.807, 2.05) is 36.9 Å². The Morgan fingerprint density at radius 1 is 1.32 bits per heavy atom. The van der Waals surface area contributed by atoms with Crippen LogP contribution in [0.25, 0.3) is 0 Å². The number of hydrogen-bond donors (Lipinski definition) is 2. The lowest BCUT2D eigenvalue weighted by atomic mass is 10.2. The molecule has 124 valence electrons. The normalized spacial score (nSPS) is 12.0. The minimum atomic E-state index is 0.147. The van der Waals surface area contributed by atoms with E-state index in [1.54, 1.807) is 14.2 Å². The first-order chi connectivity index (χ1) is 10.5. The van der Waals surface area contributed by atoms with Crippen molar-refractivity contribution in [2.75, 3.05) is 38.9 Å². The Balaban J connectivity index is 2.75. The van der Waals surface area contributed by atoms with Gasteiger partial charge in [-0.25, -0.2) is 0 Å². The molecule has 0 aliphatic carbocycles. The third-order valence-corrected chi connectivity index (χ3v) is 4.43. The largest absolute Gasteiger partial charge is 0.493 e. The van der Waals surface area contributed by atoms with Gasteiger partial charge in [-0.3, -0.25) is 4.99 Å². The summed E-state index contributed by atoms with van der Waals surface area (Å²) < 4.78 is 11.0. The fourth-order valence-corrected chi connectivity index (χ4v) is 1.92. The maximum atomic E-state index is 5.52. The van der Waals surface area contributed by atoms with Gasteiger partial charge in [0, 0.05) is 30.1 Å². The molecule has 0 saturated carbocycles. The first kappa shape index (κ1) is 18.5. The van der Waals surface area contributed by atoms with Crippen LogP contribution in [0.1, 0.15) is 20.8 Å². The highest BCUT2D eigenvalue weighted by molar-refractivity contribution is 7.99. The van der Waals surface area contributed by atoms with E-state index < -0.39 is 0 Å². The molecule has 0 spiro atoms. The molecular weight excluding hydrogens is 298 g/mol. The average molecular weight is 325 g/mol. The standard InChI is InChI=1S/C16H27N3O2S/c1-7-21-13-9-8-12(10-14(13)20-5)19-15(17-4)18-11-16(2,3)22-6/h8-10H,7,11H2,1-6H3,(H2,17,18,19). The zero-order valence-corrected chi connectivity index (χ0v) is 15.1. The highest BCUT2D eigenvalue weighted by Crippen LogP contribution is 2.30. The number of benzene rings is 1. The Morgan fingerprint density at radius 3 is 2.59 bits per heavy atom. The van der Waals surface area contributed by atoms with Crippen molar-refractivity contribution in [3.05, 3.63) is 18.2 Å². The number of ether oxygens (including phenoxy) is 2. The molecule has 1 rings (SSSR count). The molecule has 0 saturated heterocycles. The summed E-state index contributed by atoms with van der Waals surface area (Å²) in [5.41, 5.74) is 0.898. The first-order valence-electron chi connectivity index (χ1n) is 7.29. The zero-order chi connectivity index (χ0) is 16.6. The summed E-state index contributed by atoms with van der Waals surface area (Å²) >= 11 is 1.82. The van der Waals surface area contributed by atoms with Gasteiger partial charge in [0.05, 0.1) is 13.7 Å². The molecule has 2 N–H and O–H groups in total. The van der Waals surface area contributed by atoms with Gasteiger partial charge in [-0.05, 0) is 39.2 Å². The van der Waals surface area contributed by atoms with Gasteiger partial charge < -0.3 is 20.1 Å². The highest BCUT2D eigenvalue weighted by atomic mass is 32.2.